The fraction of sp³-hybridized carbons (Fsp3) is 0.571. The van der Waals surface area contributed by atoms with Crippen LogP contribution in [0.3, 0.4) is 0 Å². The molecule has 0 atom stereocenters. The van der Waals surface area contributed by atoms with Crippen LogP contribution in [-0.2, 0) is 11.2 Å². The van der Waals surface area contributed by atoms with Gasteiger partial charge in [0.1, 0.15) is 12.2 Å². The number of aromatic nitrogens is 3. The highest BCUT2D eigenvalue weighted by Crippen LogP contribution is 1.97. The summed E-state index contributed by atoms with van der Waals surface area (Å²) >= 11 is 0. The lowest BCUT2D eigenvalue weighted by Crippen LogP contribution is -2.19. The molecule has 0 spiro atoms. The third-order valence-electron chi connectivity index (χ3n) is 1.50. The first kappa shape index (κ1) is 9.50. The summed E-state index contributed by atoms with van der Waals surface area (Å²) in [6, 6.07) is -0.0636. The molecule has 0 saturated heterocycles. The molecular weight excluding hydrogens is 174 g/mol. The molecule has 6 nitrogen and oxygen atoms in total. The highest BCUT2D eigenvalue weighted by molar-refractivity contribution is 5.68. The van der Waals surface area contributed by atoms with E-state index in [1.165, 1.54) is 4.68 Å². The number of carboxylic acids is 1. The first-order valence-corrected chi connectivity index (χ1v) is 3.90. The molecule has 0 saturated carbocycles. The molecule has 0 bridgehead atoms. The van der Waals surface area contributed by atoms with Gasteiger partial charge in [-0.15, -0.1) is 0 Å². The molecule has 13 heavy (non-hydrogen) atoms. The van der Waals surface area contributed by atoms with Crippen molar-refractivity contribution >= 4 is 5.97 Å². The van der Waals surface area contributed by atoms with E-state index in [4.69, 9.17) is 5.11 Å². The van der Waals surface area contributed by atoms with Crippen LogP contribution in [0.25, 0.3) is 0 Å². The number of nitrogens with zero attached hydrogens (tertiary/aromatic N) is 2. The van der Waals surface area contributed by atoms with Crippen molar-refractivity contribution < 1.29 is 9.90 Å². The predicted molar refractivity (Wildman–Crippen MR) is 44.6 cm³/mol. The minimum absolute atomic E-state index is 0.0636. The largest absolute Gasteiger partial charge is 0.481 e. The quantitative estimate of drug-likeness (QED) is 0.681. The van der Waals surface area contributed by atoms with Crippen molar-refractivity contribution in [3.05, 3.63) is 16.3 Å². The van der Waals surface area contributed by atoms with E-state index >= 15 is 0 Å². The summed E-state index contributed by atoms with van der Waals surface area (Å²) < 4.78 is 1.22. The normalized spacial score (nSPS) is 10.7. The molecule has 1 heterocycles. The van der Waals surface area contributed by atoms with Crippen LogP contribution in [0.1, 0.15) is 25.7 Å². The first-order chi connectivity index (χ1) is 6.00. The molecule has 0 amide bonds. The number of carboxylic acid groups (broad SMARTS) is 1. The summed E-state index contributed by atoms with van der Waals surface area (Å²) in [7, 11) is 0. The number of hydrogen-bond donors (Lipinski definition) is 2. The van der Waals surface area contributed by atoms with Gasteiger partial charge in [0.25, 0.3) is 0 Å². The van der Waals surface area contributed by atoms with Gasteiger partial charge in [0.2, 0.25) is 0 Å². The van der Waals surface area contributed by atoms with Crippen LogP contribution >= 0.6 is 0 Å². The number of nitrogens with one attached hydrogen (secondary N) is 1. The van der Waals surface area contributed by atoms with Gasteiger partial charge in [-0.1, -0.05) is 0 Å². The molecule has 0 radical (unpaired) electrons. The molecule has 0 aliphatic rings. The zero-order valence-electron chi connectivity index (χ0n) is 7.44. The second-order valence-corrected chi connectivity index (χ2v) is 2.99. The number of hydrogen-bond acceptors (Lipinski definition) is 3. The number of aromatic amines is 1. The fourth-order valence-electron chi connectivity index (χ4n) is 0.954. The molecule has 0 fully saturated rings. The number of carbonyl (C=O) groups is 1. The molecule has 1 rings (SSSR count). The van der Waals surface area contributed by atoms with Crippen LogP contribution in [0.5, 0.6) is 0 Å². The van der Waals surface area contributed by atoms with Crippen LogP contribution in [0.2, 0.25) is 0 Å². The third-order valence-corrected chi connectivity index (χ3v) is 1.50. The zero-order valence-corrected chi connectivity index (χ0v) is 7.44. The third kappa shape index (κ3) is 2.17. The van der Waals surface area contributed by atoms with Crippen molar-refractivity contribution in [2.24, 2.45) is 0 Å². The molecule has 1 aromatic heterocycles. The maximum atomic E-state index is 11.1. The van der Waals surface area contributed by atoms with Gasteiger partial charge in [0.05, 0.1) is 6.04 Å². The van der Waals surface area contributed by atoms with Gasteiger partial charge in [-0.05, 0) is 13.8 Å². The summed E-state index contributed by atoms with van der Waals surface area (Å²) in [5.74, 6) is -0.823. The van der Waals surface area contributed by atoms with Gasteiger partial charge in [0, 0.05) is 0 Å². The van der Waals surface area contributed by atoms with Crippen molar-refractivity contribution in [2.45, 2.75) is 26.3 Å². The Kier molecular flexibility index (Phi) is 2.50. The number of rotatable bonds is 3. The zero-order chi connectivity index (χ0) is 10.0. The summed E-state index contributed by atoms with van der Waals surface area (Å²) in [4.78, 5) is 23.8. The SMILES string of the molecule is CC(C)n1nc(CC(=O)O)[nH]c1=O. The molecule has 0 aliphatic heterocycles. The number of H-pyrrole nitrogens is 1. The fourth-order valence-corrected chi connectivity index (χ4v) is 0.954. The first-order valence-electron chi connectivity index (χ1n) is 3.90. The Morgan fingerprint density at radius 1 is 1.69 bits per heavy atom. The minimum atomic E-state index is -1.01. The Balaban J connectivity index is 2.95. The van der Waals surface area contributed by atoms with E-state index in [1.54, 1.807) is 13.8 Å². The topological polar surface area (TPSA) is 88.0 Å². The Bertz CT molecular complexity index is 363. The van der Waals surface area contributed by atoms with Gasteiger partial charge in [-0.2, -0.15) is 5.10 Å². The van der Waals surface area contributed by atoms with E-state index in [2.05, 4.69) is 10.1 Å². The van der Waals surface area contributed by atoms with Crippen LogP contribution in [-0.4, -0.2) is 25.8 Å². The Hall–Kier alpha value is -1.59. The average Bonchev–Trinajstić information content (AvgIpc) is 2.29. The van der Waals surface area contributed by atoms with Crippen molar-refractivity contribution in [1.82, 2.24) is 14.8 Å². The lowest BCUT2D eigenvalue weighted by molar-refractivity contribution is -0.136. The van der Waals surface area contributed by atoms with E-state index in [-0.39, 0.29) is 24.0 Å². The highest BCUT2D eigenvalue weighted by Gasteiger charge is 2.09. The molecule has 72 valence electrons. The van der Waals surface area contributed by atoms with Crippen LogP contribution in [0, 0.1) is 0 Å². The van der Waals surface area contributed by atoms with E-state index < -0.39 is 5.97 Å². The summed E-state index contributed by atoms with van der Waals surface area (Å²) in [6.45, 7) is 3.60. The Labute approximate surface area is 74.2 Å². The minimum Gasteiger partial charge on any atom is -0.481 e. The van der Waals surface area contributed by atoms with Gasteiger partial charge in [0.15, 0.2) is 0 Å². The monoisotopic (exact) mass is 185 g/mol. The lowest BCUT2D eigenvalue weighted by Gasteiger charge is -2.00. The maximum absolute atomic E-state index is 11.1. The Morgan fingerprint density at radius 2 is 2.31 bits per heavy atom. The van der Waals surface area contributed by atoms with Crippen molar-refractivity contribution in [3.8, 4) is 0 Å². The van der Waals surface area contributed by atoms with Gasteiger partial charge in [-0.3, -0.25) is 9.78 Å². The van der Waals surface area contributed by atoms with E-state index in [9.17, 15) is 9.59 Å². The maximum Gasteiger partial charge on any atom is 0.343 e. The second kappa shape index (κ2) is 3.42. The van der Waals surface area contributed by atoms with Crippen molar-refractivity contribution in [2.75, 3.05) is 0 Å². The van der Waals surface area contributed by atoms with Crippen LogP contribution in [0.15, 0.2) is 4.79 Å². The molecule has 0 unspecified atom stereocenters. The summed E-state index contributed by atoms with van der Waals surface area (Å²) in [6.07, 6.45) is -0.255. The van der Waals surface area contributed by atoms with E-state index in [1.807, 2.05) is 0 Å². The van der Waals surface area contributed by atoms with E-state index in [0.29, 0.717) is 0 Å². The van der Waals surface area contributed by atoms with Gasteiger partial charge in [-0.25, -0.2) is 9.48 Å². The summed E-state index contributed by atoms with van der Waals surface area (Å²) in [5.41, 5.74) is -0.369. The Morgan fingerprint density at radius 3 is 2.69 bits per heavy atom. The predicted octanol–water partition coefficient (Wildman–Crippen LogP) is -0.221. The molecule has 2 N–H and O–H groups in total. The molecule has 6 heteroatoms. The number of aliphatic carboxylic acids is 1. The van der Waals surface area contributed by atoms with E-state index in [0.717, 1.165) is 0 Å². The van der Waals surface area contributed by atoms with Gasteiger partial charge < -0.3 is 5.11 Å². The van der Waals surface area contributed by atoms with Crippen molar-refractivity contribution in [3.63, 3.8) is 0 Å². The molecule has 0 aliphatic carbocycles. The molecule has 0 aromatic carbocycles. The van der Waals surface area contributed by atoms with Gasteiger partial charge >= 0.3 is 11.7 Å². The lowest BCUT2D eigenvalue weighted by atomic mass is 10.4. The van der Waals surface area contributed by atoms with Crippen molar-refractivity contribution in [1.29, 1.82) is 0 Å². The molecule has 1 aromatic rings. The van der Waals surface area contributed by atoms with Crippen LogP contribution < -0.4 is 5.69 Å². The summed E-state index contributed by atoms with van der Waals surface area (Å²) in [5, 5.41) is 12.3. The standard InChI is InChI=1S/C7H11N3O3/c1-4(2)10-7(13)8-5(9-10)3-6(11)12/h4H,3H2,1-2H3,(H,11,12)(H,8,9,13). The highest BCUT2D eigenvalue weighted by atomic mass is 16.4. The smallest absolute Gasteiger partial charge is 0.343 e. The van der Waals surface area contributed by atoms with Crippen LogP contribution in [0.4, 0.5) is 0 Å². The average molecular weight is 185 g/mol. The second-order valence-electron chi connectivity index (χ2n) is 2.99. The molecular formula is C7H11N3O3.